The number of hydrogen-bond acceptors (Lipinski definition) is 7. The van der Waals surface area contributed by atoms with Crippen LogP contribution in [0, 0.1) is 16.7 Å². The predicted molar refractivity (Wildman–Crippen MR) is 146 cm³/mol. The average molecular weight is 538 g/mol. The highest BCUT2D eigenvalue weighted by molar-refractivity contribution is 8.03. The van der Waals surface area contributed by atoms with Gasteiger partial charge in [0.25, 0.3) is 0 Å². The molecule has 4 rings (SSSR count). The highest BCUT2D eigenvalue weighted by Gasteiger charge is 2.42. The normalized spacial score (nSPS) is 18.5. The minimum absolute atomic E-state index is 0.0263. The Bertz CT molecular complexity index is 1340. The van der Waals surface area contributed by atoms with Gasteiger partial charge in [-0.3, -0.25) is 9.59 Å². The maximum atomic E-state index is 13.3. The van der Waals surface area contributed by atoms with Crippen LogP contribution in [0.3, 0.4) is 0 Å². The first kappa shape index (κ1) is 26.6. The second-order valence-electron chi connectivity index (χ2n) is 9.70. The first-order valence-corrected chi connectivity index (χ1v) is 13.1. The van der Waals surface area contributed by atoms with Crippen molar-refractivity contribution in [2.75, 3.05) is 25.3 Å². The van der Waals surface area contributed by atoms with E-state index in [-0.39, 0.29) is 22.9 Å². The monoisotopic (exact) mass is 537 g/mol. The molecule has 0 bridgehead atoms. The van der Waals surface area contributed by atoms with E-state index >= 15 is 0 Å². The summed E-state index contributed by atoms with van der Waals surface area (Å²) in [5.74, 6) is 0.367. The van der Waals surface area contributed by atoms with E-state index in [1.165, 1.54) is 18.9 Å². The van der Waals surface area contributed by atoms with Gasteiger partial charge in [0.05, 0.1) is 48.2 Å². The van der Waals surface area contributed by atoms with Crippen LogP contribution in [0.2, 0.25) is 5.02 Å². The van der Waals surface area contributed by atoms with Crippen LogP contribution in [0.25, 0.3) is 0 Å². The molecule has 1 atom stereocenters. The maximum Gasteiger partial charge on any atom is 0.234 e. The van der Waals surface area contributed by atoms with Crippen molar-refractivity contribution in [3.63, 3.8) is 0 Å². The SMILES string of the molecule is COc1ccc(OC)c(NC(=O)CSC2=C(C#N)[C@H](c3ccc(Cl)cc3)C3=C(CC(C)(C)CC3=O)N2)c1. The Morgan fingerprint density at radius 1 is 1.19 bits per heavy atom. The number of nitrogens with zero attached hydrogens (tertiary/aromatic N) is 1. The molecule has 0 radical (unpaired) electrons. The van der Waals surface area contributed by atoms with Crippen molar-refractivity contribution in [1.29, 1.82) is 5.26 Å². The molecule has 1 heterocycles. The number of rotatable bonds is 7. The van der Waals surface area contributed by atoms with Crippen LogP contribution in [-0.2, 0) is 9.59 Å². The number of carbonyl (C=O) groups is 2. The zero-order valence-corrected chi connectivity index (χ0v) is 22.7. The van der Waals surface area contributed by atoms with E-state index in [0.717, 1.165) is 11.3 Å². The number of nitrogens with one attached hydrogen (secondary N) is 2. The molecule has 0 saturated carbocycles. The lowest BCUT2D eigenvalue weighted by atomic mass is 9.69. The Kier molecular flexibility index (Phi) is 7.86. The van der Waals surface area contributed by atoms with Crippen molar-refractivity contribution >= 4 is 40.7 Å². The second-order valence-corrected chi connectivity index (χ2v) is 11.1. The number of allylic oxidation sites excluding steroid dienone is 3. The summed E-state index contributed by atoms with van der Waals surface area (Å²) >= 11 is 7.34. The first-order valence-electron chi connectivity index (χ1n) is 11.7. The van der Waals surface area contributed by atoms with Crippen LogP contribution in [0.4, 0.5) is 5.69 Å². The summed E-state index contributed by atoms with van der Waals surface area (Å²) in [5, 5.41) is 17.5. The van der Waals surface area contributed by atoms with Gasteiger partial charge in [-0.25, -0.2) is 0 Å². The van der Waals surface area contributed by atoms with Crippen molar-refractivity contribution in [2.24, 2.45) is 5.41 Å². The molecular formula is C28H28ClN3O4S. The van der Waals surface area contributed by atoms with Gasteiger partial charge in [-0.1, -0.05) is 49.3 Å². The van der Waals surface area contributed by atoms with Gasteiger partial charge >= 0.3 is 0 Å². The maximum absolute atomic E-state index is 13.3. The number of carbonyl (C=O) groups excluding carboxylic acids is 2. The molecule has 2 aromatic carbocycles. The minimum atomic E-state index is -0.522. The molecule has 7 nitrogen and oxygen atoms in total. The zero-order valence-electron chi connectivity index (χ0n) is 21.1. The lowest BCUT2D eigenvalue weighted by Crippen LogP contribution is -2.37. The van der Waals surface area contributed by atoms with E-state index < -0.39 is 5.92 Å². The molecule has 0 saturated heterocycles. The zero-order chi connectivity index (χ0) is 26.7. The van der Waals surface area contributed by atoms with Gasteiger partial charge in [0, 0.05) is 28.8 Å². The summed E-state index contributed by atoms with van der Waals surface area (Å²) in [4.78, 5) is 26.2. The molecule has 0 aromatic heterocycles. The molecular weight excluding hydrogens is 510 g/mol. The summed E-state index contributed by atoms with van der Waals surface area (Å²) in [5.41, 5.74) is 2.92. The average Bonchev–Trinajstić information content (AvgIpc) is 2.86. The smallest absolute Gasteiger partial charge is 0.234 e. The van der Waals surface area contributed by atoms with E-state index in [9.17, 15) is 14.9 Å². The molecule has 37 heavy (non-hydrogen) atoms. The molecule has 0 unspecified atom stereocenters. The molecule has 9 heteroatoms. The number of ketones is 1. The van der Waals surface area contributed by atoms with Gasteiger partial charge in [-0.15, -0.1) is 0 Å². The third kappa shape index (κ3) is 5.79. The lowest BCUT2D eigenvalue weighted by molar-refractivity contribution is -0.118. The Morgan fingerprint density at radius 2 is 1.92 bits per heavy atom. The molecule has 0 spiro atoms. The van der Waals surface area contributed by atoms with E-state index in [1.54, 1.807) is 37.4 Å². The van der Waals surface area contributed by atoms with Crippen LogP contribution in [0.15, 0.2) is 64.3 Å². The summed E-state index contributed by atoms with van der Waals surface area (Å²) in [6, 6.07) is 14.7. The van der Waals surface area contributed by atoms with E-state index in [1.807, 2.05) is 12.1 Å². The number of Topliss-reactive ketones (excluding diaryl/α,β-unsaturated/α-hetero) is 1. The number of hydrogen-bond donors (Lipinski definition) is 2. The fourth-order valence-electron chi connectivity index (χ4n) is 4.71. The molecule has 1 amide bonds. The molecule has 2 aliphatic rings. The first-order chi connectivity index (χ1) is 17.7. The van der Waals surface area contributed by atoms with Gasteiger partial charge in [-0.05, 0) is 41.7 Å². The molecule has 192 valence electrons. The molecule has 1 aliphatic heterocycles. The van der Waals surface area contributed by atoms with Crippen LogP contribution in [-0.4, -0.2) is 31.7 Å². The molecule has 1 aliphatic carbocycles. The number of methoxy groups -OCH3 is 2. The summed E-state index contributed by atoms with van der Waals surface area (Å²) in [6.45, 7) is 4.11. The third-order valence-corrected chi connectivity index (χ3v) is 7.63. The van der Waals surface area contributed by atoms with Gasteiger partial charge < -0.3 is 20.1 Å². The van der Waals surface area contributed by atoms with Crippen molar-refractivity contribution in [3.05, 3.63) is 74.9 Å². The van der Waals surface area contributed by atoms with Gasteiger partial charge in [0.2, 0.25) is 5.91 Å². The number of amides is 1. The number of anilines is 1. The van der Waals surface area contributed by atoms with Crippen LogP contribution < -0.4 is 20.1 Å². The largest absolute Gasteiger partial charge is 0.497 e. The number of thioether (sulfide) groups is 1. The number of ether oxygens (including phenoxy) is 2. The van der Waals surface area contributed by atoms with Crippen molar-refractivity contribution in [2.45, 2.75) is 32.6 Å². The minimum Gasteiger partial charge on any atom is -0.497 e. The van der Waals surface area contributed by atoms with Crippen LogP contribution in [0.5, 0.6) is 11.5 Å². The highest BCUT2D eigenvalue weighted by atomic mass is 35.5. The summed E-state index contributed by atoms with van der Waals surface area (Å²) < 4.78 is 10.6. The molecule has 2 aromatic rings. The van der Waals surface area contributed by atoms with Gasteiger partial charge in [0.15, 0.2) is 5.78 Å². The van der Waals surface area contributed by atoms with Crippen molar-refractivity contribution < 1.29 is 19.1 Å². The fourth-order valence-corrected chi connectivity index (χ4v) is 5.70. The molecule has 0 fully saturated rings. The predicted octanol–water partition coefficient (Wildman–Crippen LogP) is 5.79. The van der Waals surface area contributed by atoms with Crippen LogP contribution in [0.1, 0.15) is 38.2 Å². The van der Waals surface area contributed by atoms with E-state index in [4.69, 9.17) is 21.1 Å². The Labute approximate surface area is 225 Å². The Morgan fingerprint density at radius 3 is 2.57 bits per heavy atom. The second kappa shape index (κ2) is 10.9. The Hall–Kier alpha value is -3.41. The lowest BCUT2D eigenvalue weighted by Gasteiger charge is -2.39. The topological polar surface area (TPSA) is 100 Å². The van der Waals surface area contributed by atoms with E-state index in [0.29, 0.717) is 51.2 Å². The third-order valence-electron chi connectivity index (χ3n) is 6.36. The standard InChI is InChI=1S/C28H28ClN3O4S/c1-28(2)12-21-26(22(33)13-28)25(16-5-7-17(29)8-6-16)19(14-30)27(32-21)37-15-24(34)31-20-11-18(35-3)9-10-23(20)36-4/h5-11,25,32H,12-13,15H2,1-4H3,(H,31,34)/t25-/m0/s1. The Balaban J connectivity index is 1.63. The number of dihydropyridines is 1. The quantitative estimate of drug-likeness (QED) is 0.460. The summed E-state index contributed by atoms with van der Waals surface area (Å²) in [6.07, 6.45) is 1.07. The number of benzene rings is 2. The van der Waals surface area contributed by atoms with Crippen molar-refractivity contribution in [1.82, 2.24) is 5.32 Å². The van der Waals surface area contributed by atoms with Crippen molar-refractivity contribution in [3.8, 4) is 17.6 Å². The van der Waals surface area contributed by atoms with Gasteiger partial charge in [0.1, 0.15) is 11.5 Å². The van der Waals surface area contributed by atoms with Gasteiger partial charge in [-0.2, -0.15) is 5.26 Å². The highest BCUT2D eigenvalue weighted by Crippen LogP contribution is 2.48. The molecule has 2 N–H and O–H groups in total. The number of halogens is 1. The number of nitriles is 1. The van der Waals surface area contributed by atoms with Crippen LogP contribution >= 0.6 is 23.4 Å². The summed E-state index contributed by atoms with van der Waals surface area (Å²) in [7, 11) is 3.07. The van der Waals surface area contributed by atoms with E-state index in [2.05, 4.69) is 30.6 Å². The fraction of sp³-hybridized carbons (Fsp3) is 0.321.